The molecule has 2 aromatic carbocycles. The Balaban J connectivity index is 1.49. The molecular formula is C27H29N3O3. The van der Waals surface area contributed by atoms with Gasteiger partial charge in [-0.1, -0.05) is 62.2 Å². The molecule has 0 spiro atoms. The fourth-order valence-electron chi connectivity index (χ4n) is 4.35. The topological polar surface area (TPSA) is 83.1 Å². The quantitative estimate of drug-likeness (QED) is 0.289. The number of hydrogen-bond acceptors (Lipinski definition) is 4. The zero-order valence-corrected chi connectivity index (χ0v) is 18.9. The fourth-order valence-corrected chi connectivity index (χ4v) is 4.35. The van der Waals surface area contributed by atoms with Crippen molar-refractivity contribution in [1.29, 1.82) is 0 Å². The van der Waals surface area contributed by atoms with E-state index in [0.29, 0.717) is 23.9 Å². The molecule has 0 radical (unpaired) electrons. The second kappa shape index (κ2) is 10.4. The predicted octanol–water partition coefficient (Wildman–Crippen LogP) is 4.92. The molecule has 0 saturated carbocycles. The van der Waals surface area contributed by atoms with Crippen molar-refractivity contribution in [2.75, 3.05) is 4.90 Å². The van der Waals surface area contributed by atoms with Gasteiger partial charge in [0.15, 0.2) is 0 Å². The van der Waals surface area contributed by atoms with Gasteiger partial charge in [-0.25, -0.2) is 5.10 Å². The van der Waals surface area contributed by atoms with Gasteiger partial charge in [-0.2, -0.15) is 5.10 Å². The standard InChI is InChI=1S/C27H29N3O3/c1-2-3-4-5-6-7-12-20-18-25(31)30(27(20)33)21-13-10-11-19(16-21)17-24-22-14-8-9-15-23(22)26(32)29-28-24/h6-11,13-16,20H,2-5,12,17-18H2,1H3,(H,29,32). The third kappa shape index (κ3) is 5.11. The van der Waals surface area contributed by atoms with Crippen LogP contribution in [0.15, 0.2) is 65.5 Å². The Bertz CT molecular complexity index is 1240. The highest BCUT2D eigenvalue weighted by atomic mass is 16.2. The molecule has 170 valence electrons. The van der Waals surface area contributed by atoms with Crippen LogP contribution in [0.3, 0.4) is 0 Å². The van der Waals surface area contributed by atoms with Crippen LogP contribution < -0.4 is 10.5 Å². The Hall–Kier alpha value is -3.54. The summed E-state index contributed by atoms with van der Waals surface area (Å²) in [6.45, 7) is 2.18. The van der Waals surface area contributed by atoms with Gasteiger partial charge in [0.05, 0.1) is 22.7 Å². The number of unbranched alkanes of at least 4 members (excludes halogenated alkanes) is 3. The maximum Gasteiger partial charge on any atom is 0.272 e. The Kier molecular flexibility index (Phi) is 7.13. The molecule has 1 aromatic heterocycles. The molecule has 2 heterocycles. The summed E-state index contributed by atoms with van der Waals surface area (Å²) in [6.07, 6.45) is 10.0. The average molecular weight is 444 g/mol. The predicted molar refractivity (Wildman–Crippen MR) is 130 cm³/mol. The number of allylic oxidation sites excluding steroid dienone is 2. The van der Waals surface area contributed by atoms with Gasteiger partial charge in [-0.15, -0.1) is 0 Å². The van der Waals surface area contributed by atoms with E-state index in [1.165, 1.54) is 17.7 Å². The molecule has 1 unspecified atom stereocenters. The number of carbonyl (C=O) groups excluding carboxylic acids is 2. The second-order valence-electron chi connectivity index (χ2n) is 8.56. The van der Waals surface area contributed by atoms with Gasteiger partial charge in [-0.05, 0) is 43.0 Å². The maximum atomic E-state index is 13.0. The largest absolute Gasteiger partial charge is 0.274 e. The average Bonchev–Trinajstić information content (AvgIpc) is 3.11. The molecule has 33 heavy (non-hydrogen) atoms. The number of rotatable bonds is 9. The number of carbonyl (C=O) groups is 2. The summed E-state index contributed by atoms with van der Waals surface area (Å²) in [7, 11) is 0. The molecule has 1 N–H and O–H groups in total. The molecule has 1 saturated heterocycles. The van der Waals surface area contributed by atoms with Crippen molar-refractivity contribution in [3.63, 3.8) is 0 Å². The molecule has 0 bridgehead atoms. The Morgan fingerprint density at radius 2 is 1.85 bits per heavy atom. The lowest BCUT2D eigenvalue weighted by Crippen LogP contribution is -2.30. The molecule has 1 fully saturated rings. The number of fused-ring (bicyclic) bond motifs is 1. The maximum absolute atomic E-state index is 13.0. The first-order valence-corrected chi connectivity index (χ1v) is 11.7. The highest BCUT2D eigenvalue weighted by molar-refractivity contribution is 6.21. The molecule has 3 aromatic rings. The minimum absolute atomic E-state index is 0.136. The van der Waals surface area contributed by atoms with Gasteiger partial charge in [0.2, 0.25) is 11.8 Å². The van der Waals surface area contributed by atoms with Crippen molar-refractivity contribution in [3.8, 4) is 0 Å². The molecule has 4 rings (SSSR count). The third-order valence-corrected chi connectivity index (χ3v) is 6.12. The minimum atomic E-state index is -0.298. The molecule has 0 aliphatic carbocycles. The van der Waals surface area contributed by atoms with E-state index in [-0.39, 0.29) is 29.7 Å². The molecule has 2 amide bonds. The van der Waals surface area contributed by atoms with Gasteiger partial charge >= 0.3 is 0 Å². The van der Waals surface area contributed by atoms with E-state index < -0.39 is 0 Å². The van der Waals surface area contributed by atoms with Gasteiger partial charge in [0, 0.05) is 18.2 Å². The van der Waals surface area contributed by atoms with E-state index in [0.717, 1.165) is 29.5 Å². The molecule has 1 aliphatic rings. The molecular weight excluding hydrogens is 414 g/mol. The molecule has 1 aliphatic heterocycles. The normalized spacial score (nSPS) is 16.4. The van der Waals surface area contributed by atoms with Crippen LogP contribution in [0.25, 0.3) is 10.8 Å². The van der Waals surface area contributed by atoms with E-state index in [1.807, 2.05) is 42.5 Å². The number of aromatic amines is 1. The summed E-state index contributed by atoms with van der Waals surface area (Å²) < 4.78 is 0. The SMILES string of the molecule is CCCCCC=CCC1CC(=O)N(c2cccc(Cc3n[nH]c(=O)c4ccccc34)c2)C1=O. The van der Waals surface area contributed by atoms with Crippen LogP contribution in [-0.4, -0.2) is 22.0 Å². The first-order chi connectivity index (χ1) is 16.1. The number of nitrogens with one attached hydrogen (secondary N) is 1. The Labute approximate surface area is 193 Å². The molecule has 1 atom stereocenters. The van der Waals surface area contributed by atoms with E-state index in [9.17, 15) is 14.4 Å². The van der Waals surface area contributed by atoms with Crippen molar-refractivity contribution in [2.45, 2.75) is 51.9 Å². The Morgan fingerprint density at radius 1 is 1.03 bits per heavy atom. The van der Waals surface area contributed by atoms with Crippen LogP contribution in [0.5, 0.6) is 0 Å². The van der Waals surface area contributed by atoms with E-state index >= 15 is 0 Å². The van der Waals surface area contributed by atoms with Gasteiger partial charge in [0.1, 0.15) is 0 Å². The minimum Gasteiger partial charge on any atom is -0.274 e. The lowest BCUT2D eigenvalue weighted by molar-refractivity contribution is -0.122. The first-order valence-electron chi connectivity index (χ1n) is 11.7. The number of amides is 2. The smallest absolute Gasteiger partial charge is 0.272 e. The summed E-state index contributed by atoms with van der Waals surface area (Å²) in [5, 5.41) is 8.18. The number of H-pyrrole nitrogens is 1. The van der Waals surface area contributed by atoms with E-state index in [4.69, 9.17) is 0 Å². The van der Waals surface area contributed by atoms with Crippen molar-refractivity contribution in [1.82, 2.24) is 10.2 Å². The van der Waals surface area contributed by atoms with Crippen LogP contribution in [-0.2, 0) is 16.0 Å². The van der Waals surface area contributed by atoms with Crippen LogP contribution in [0, 0.1) is 5.92 Å². The summed E-state index contributed by atoms with van der Waals surface area (Å²) in [4.78, 5) is 39.0. The van der Waals surface area contributed by atoms with E-state index in [1.54, 1.807) is 12.1 Å². The Morgan fingerprint density at radius 3 is 2.67 bits per heavy atom. The summed E-state index contributed by atoms with van der Waals surface area (Å²) >= 11 is 0. The van der Waals surface area contributed by atoms with Crippen LogP contribution in [0.1, 0.15) is 56.7 Å². The lowest BCUT2D eigenvalue weighted by Gasteiger charge is -2.16. The lowest BCUT2D eigenvalue weighted by atomic mass is 10.0. The summed E-state index contributed by atoms with van der Waals surface area (Å²) in [5.41, 5.74) is 2.03. The third-order valence-electron chi connectivity index (χ3n) is 6.12. The highest BCUT2D eigenvalue weighted by Gasteiger charge is 2.38. The number of imide groups is 1. The van der Waals surface area contributed by atoms with Crippen molar-refractivity contribution < 1.29 is 9.59 Å². The van der Waals surface area contributed by atoms with Crippen molar-refractivity contribution in [3.05, 3.63) is 82.3 Å². The number of benzene rings is 2. The van der Waals surface area contributed by atoms with Crippen LogP contribution >= 0.6 is 0 Å². The van der Waals surface area contributed by atoms with Gasteiger partial charge < -0.3 is 0 Å². The molecule has 6 nitrogen and oxygen atoms in total. The number of hydrogen-bond donors (Lipinski definition) is 1. The van der Waals surface area contributed by atoms with Gasteiger partial charge in [-0.3, -0.25) is 19.3 Å². The summed E-state index contributed by atoms with van der Waals surface area (Å²) in [5.74, 6) is -0.592. The fraction of sp³-hybridized carbons (Fsp3) is 0.333. The second-order valence-corrected chi connectivity index (χ2v) is 8.56. The zero-order valence-electron chi connectivity index (χ0n) is 18.9. The number of aromatic nitrogens is 2. The van der Waals surface area contributed by atoms with Crippen LogP contribution in [0.2, 0.25) is 0 Å². The van der Waals surface area contributed by atoms with Gasteiger partial charge in [0.25, 0.3) is 5.56 Å². The monoisotopic (exact) mass is 443 g/mol. The van der Waals surface area contributed by atoms with Crippen LogP contribution in [0.4, 0.5) is 5.69 Å². The highest BCUT2D eigenvalue weighted by Crippen LogP contribution is 2.30. The van der Waals surface area contributed by atoms with Crippen molar-refractivity contribution in [2.24, 2.45) is 5.92 Å². The zero-order chi connectivity index (χ0) is 23.2. The summed E-state index contributed by atoms with van der Waals surface area (Å²) in [6, 6.07) is 14.8. The first kappa shape index (κ1) is 22.6. The van der Waals surface area contributed by atoms with E-state index in [2.05, 4.69) is 23.2 Å². The molecule has 6 heteroatoms. The number of anilines is 1. The van der Waals surface area contributed by atoms with Crippen molar-refractivity contribution >= 4 is 28.3 Å². The number of nitrogens with zero attached hydrogens (tertiary/aromatic N) is 2.